The zero-order chi connectivity index (χ0) is 11.8. The molecule has 1 aliphatic heterocycles. The molecule has 1 fully saturated rings. The summed E-state index contributed by atoms with van der Waals surface area (Å²) < 4.78 is 5.15. The summed E-state index contributed by atoms with van der Waals surface area (Å²) in [5.41, 5.74) is -0.0330. The van der Waals surface area contributed by atoms with Crippen LogP contribution >= 0.6 is 0 Å². The Morgan fingerprint density at radius 1 is 1.62 bits per heavy atom. The van der Waals surface area contributed by atoms with Crippen LogP contribution < -0.4 is 5.32 Å². The van der Waals surface area contributed by atoms with Crippen molar-refractivity contribution < 1.29 is 9.21 Å². The van der Waals surface area contributed by atoms with Crippen molar-refractivity contribution in [2.75, 3.05) is 13.1 Å². The van der Waals surface area contributed by atoms with Crippen LogP contribution in [-0.4, -0.2) is 35.5 Å². The molecule has 4 heteroatoms. The van der Waals surface area contributed by atoms with Crippen LogP contribution in [0.15, 0.2) is 22.8 Å². The number of hydrogen-bond acceptors (Lipinski definition) is 3. The molecule has 0 radical (unpaired) electrons. The second-order valence-electron chi connectivity index (χ2n) is 5.02. The van der Waals surface area contributed by atoms with Crippen LogP contribution in [0.5, 0.6) is 0 Å². The molecule has 2 heterocycles. The highest BCUT2D eigenvalue weighted by atomic mass is 16.3. The molecule has 1 atom stereocenters. The number of piperazine rings is 1. The molecule has 0 saturated carbocycles. The molecule has 1 aromatic heterocycles. The van der Waals surface area contributed by atoms with Gasteiger partial charge in [0.1, 0.15) is 0 Å². The van der Waals surface area contributed by atoms with Gasteiger partial charge in [-0.3, -0.25) is 4.79 Å². The summed E-state index contributed by atoms with van der Waals surface area (Å²) in [5.74, 6) is 0.400. The van der Waals surface area contributed by atoms with Crippen LogP contribution in [0.3, 0.4) is 0 Å². The first-order chi connectivity index (χ1) is 7.49. The summed E-state index contributed by atoms with van der Waals surface area (Å²) in [7, 11) is 0. The van der Waals surface area contributed by atoms with Gasteiger partial charge in [0.2, 0.25) is 0 Å². The fraction of sp³-hybridized carbons (Fsp3) is 0.583. The Balaban J connectivity index is 2.16. The quantitative estimate of drug-likeness (QED) is 0.783. The molecule has 1 aliphatic rings. The third-order valence-electron chi connectivity index (χ3n) is 2.97. The summed E-state index contributed by atoms with van der Waals surface area (Å²) in [5, 5.41) is 3.41. The maximum absolute atomic E-state index is 12.2. The van der Waals surface area contributed by atoms with Crippen molar-refractivity contribution in [1.29, 1.82) is 0 Å². The van der Waals surface area contributed by atoms with Gasteiger partial charge in [-0.1, -0.05) is 0 Å². The smallest absolute Gasteiger partial charge is 0.289 e. The predicted molar refractivity (Wildman–Crippen MR) is 61.3 cm³/mol. The van der Waals surface area contributed by atoms with E-state index in [1.807, 2.05) is 11.8 Å². The molecule has 1 aromatic rings. The van der Waals surface area contributed by atoms with Gasteiger partial charge in [-0.05, 0) is 32.9 Å². The Labute approximate surface area is 95.6 Å². The molecule has 0 spiro atoms. The maximum atomic E-state index is 12.2. The van der Waals surface area contributed by atoms with Crippen molar-refractivity contribution in [2.45, 2.75) is 32.4 Å². The number of amides is 1. The summed E-state index contributed by atoms with van der Waals surface area (Å²) >= 11 is 0. The minimum absolute atomic E-state index is 0.0212. The number of carbonyl (C=O) groups excluding carboxylic acids is 1. The molecular formula is C12H18N2O2. The van der Waals surface area contributed by atoms with E-state index in [1.165, 1.54) is 6.26 Å². The van der Waals surface area contributed by atoms with Gasteiger partial charge < -0.3 is 14.6 Å². The van der Waals surface area contributed by atoms with Crippen LogP contribution in [-0.2, 0) is 0 Å². The van der Waals surface area contributed by atoms with Crippen molar-refractivity contribution in [3.8, 4) is 0 Å². The maximum Gasteiger partial charge on any atom is 0.289 e. The van der Waals surface area contributed by atoms with Gasteiger partial charge in [0.15, 0.2) is 5.76 Å². The summed E-state index contributed by atoms with van der Waals surface area (Å²) in [6.07, 6.45) is 1.53. The number of rotatable bonds is 1. The average Bonchev–Trinajstić information content (AvgIpc) is 2.74. The van der Waals surface area contributed by atoms with E-state index in [2.05, 4.69) is 19.2 Å². The van der Waals surface area contributed by atoms with E-state index in [0.717, 1.165) is 6.54 Å². The van der Waals surface area contributed by atoms with E-state index >= 15 is 0 Å². The van der Waals surface area contributed by atoms with Gasteiger partial charge in [0.05, 0.1) is 6.26 Å². The molecule has 88 valence electrons. The van der Waals surface area contributed by atoms with Crippen molar-refractivity contribution in [1.82, 2.24) is 10.2 Å². The van der Waals surface area contributed by atoms with Crippen molar-refractivity contribution in [3.05, 3.63) is 24.2 Å². The zero-order valence-corrected chi connectivity index (χ0v) is 9.99. The molecule has 1 unspecified atom stereocenters. The van der Waals surface area contributed by atoms with Gasteiger partial charge in [-0.15, -0.1) is 0 Å². The Morgan fingerprint density at radius 3 is 3.00 bits per heavy atom. The lowest BCUT2D eigenvalue weighted by atomic mass is 9.99. The summed E-state index contributed by atoms with van der Waals surface area (Å²) in [6, 6.07) is 3.65. The second-order valence-corrected chi connectivity index (χ2v) is 5.02. The largest absolute Gasteiger partial charge is 0.459 e. The average molecular weight is 222 g/mol. The first kappa shape index (κ1) is 11.2. The van der Waals surface area contributed by atoms with Gasteiger partial charge >= 0.3 is 0 Å². The minimum atomic E-state index is -0.0330. The Hall–Kier alpha value is -1.29. The topological polar surface area (TPSA) is 45.5 Å². The lowest BCUT2D eigenvalue weighted by molar-refractivity contribution is 0.0502. The monoisotopic (exact) mass is 222 g/mol. The normalized spacial score (nSPS) is 24.4. The molecule has 0 aliphatic carbocycles. The molecule has 2 rings (SSSR count). The number of hydrogen-bond donors (Lipinski definition) is 1. The molecule has 1 saturated heterocycles. The molecule has 0 bridgehead atoms. The molecular weight excluding hydrogens is 204 g/mol. The van der Waals surface area contributed by atoms with Crippen LogP contribution in [0.2, 0.25) is 0 Å². The zero-order valence-electron chi connectivity index (χ0n) is 9.99. The van der Waals surface area contributed by atoms with Crippen LogP contribution in [0, 0.1) is 0 Å². The fourth-order valence-electron chi connectivity index (χ4n) is 1.99. The van der Waals surface area contributed by atoms with E-state index in [9.17, 15) is 4.79 Å². The summed E-state index contributed by atoms with van der Waals surface area (Å²) in [4.78, 5) is 14.0. The van der Waals surface area contributed by atoms with Gasteiger partial charge in [0.25, 0.3) is 5.91 Å². The SMILES string of the molecule is CC1CNC(C)(C)CN1C(=O)c1ccco1. The lowest BCUT2D eigenvalue weighted by Gasteiger charge is -2.43. The Morgan fingerprint density at radius 2 is 2.38 bits per heavy atom. The molecule has 1 N–H and O–H groups in total. The highest BCUT2D eigenvalue weighted by Crippen LogP contribution is 2.18. The molecule has 4 nitrogen and oxygen atoms in total. The van der Waals surface area contributed by atoms with E-state index in [1.54, 1.807) is 12.1 Å². The van der Waals surface area contributed by atoms with Crippen LogP contribution in [0.25, 0.3) is 0 Å². The lowest BCUT2D eigenvalue weighted by Crippen LogP contribution is -2.62. The fourth-order valence-corrected chi connectivity index (χ4v) is 1.99. The van der Waals surface area contributed by atoms with Gasteiger partial charge in [-0.2, -0.15) is 0 Å². The van der Waals surface area contributed by atoms with E-state index < -0.39 is 0 Å². The van der Waals surface area contributed by atoms with E-state index in [0.29, 0.717) is 12.3 Å². The second kappa shape index (κ2) is 3.94. The molecule has 1 amide bonds. The standard InChI is InChI=1S/C12H18N2O2/c1-9-7-13-12(2,3)8-14(9)11(15)10-5-4-6-16-10/h4-6,9,13H,7-8H2,1-3H3. The number of carbonyl (C=O) groups is 1. The third-order valence-corrected chi connectivity index (χ3v) is 2.97. The Kier molecular flexibility index (Phi) is 2.76. The Bertz CT molecular complexity index is 370. The first-order valence-electron chi connectivity index (χ1n) is 5.59. The van der Waals surface area contributed by atoms with Crippen molar-refractivity contribution in [2.24, 2.45) is 0 Å². The first-order valence-corrected chi connectivity index (χ1v) is 5.59. The van der Waals surface area contributed by atoms with Crippen molar-refractivity contribution >= 4 is 5.91 Å². The van der Waals surface area contributed by atoms with Crippen LogP contribution in [0.4, 0.5) is 0 Å². The number of nitrogens with zero attached hydrogens (tertiary/aromatic N) is 1. The highest BCUT2D eigenvalue weighted by molar-refractivity contribution is 5.91. The molecule has 0 aromatic carbocycles. The highest BCUT2D eigenvalue weighted by Gasteiger charge is 2.34. The van der Waals surface area contributed by atoms with Crippen molar-refractivity contribution in [3.63, 3.8) is 0 Å². The number of furan rings is 1. The summed E-state index contributed by atoms with van der Waals surface area (Å²) in [6.45, 7) is 7.76. The van der Waals surface area contributed by atoms with Crippen LogP contribution in [0.1, 0.15) is 31.3 Å². The van der Waals surface area contributed by atoms with E-state index in [-0.39, 0.29) is 17.5 Å². The predicted octanol–water partition coefficient (Wildman–Crippen LogP) is 1.49. The third kappa shape index (κ3) is 2.11. The van der Waals surface area contributed by atoms with Gasteiger partial charge in [-0.25, -0.2) is 0 Å². The molecule has 16 heavy (non-hydrogen) atoms. The van der Waals surface area contributed by atoms with Gasteiger partial charge in [0, 0.05) is 24.7 Å². The van der Waals surface area contributed by atoms with E-state index in [4.69, 9.17) is 4.42 Å². The minimum Gasteiger partial charge on any atom is -0.459 e. The number of nitrogens with one attached hydrogen (secondary N) is 1.